The number of methoxy groups -OCH3 is 1. The average Bonchev–Trinajstić information content (AvgIpc) is 3.32. The van der Waals surface area contributed by atoms with Gasteiger partial charge in [0.25, 0.3) is 0 Å². The van der Waals surface area contributed by atoms with Crippen LogP contribution in [0.3, 0.4) is 0 Å². The summed E-state index contributed by atoms with van der Waals surface area (Å²) in [4.78, 5) is 12.8. The number of rotatable bonds is 8. The average molecular weight is 572 g/mol. The van der Waals surface area contributed by atoms with Gasteiger partial charge in [-0.15, -0.1) is 0 Å². The van der Waals surface area contributed by atoms with Crippen molar-refractivity contribution in [2.75, 3.05) is 50.6 Å². The van der Waals surface area contributed by atoms with Crippen molar-refractivity contribution >= 4 is 38.4 Å². The van der Waals surface area contributed by atoms with Crippen LogP contribution in [0.2, 0.25) is 0 Å². The molecule has 0 atom stereocenters. The zero-order valence-corrected chi connectivity index (χ0v) is 23.5. The Kier molecular flexibility index (Phi) is 7.62. The van der Waals surface area contributed by atoms with Gasteiger partial charge in [0.15, 0.2) is 17.4 Å². The number of ether oxygens (including phenoxy) is 1. The van der Waals surface area contributed by atoms with Crippen LogP contribution in [-0.4, -0.2) is 74.2 Å². The number of aromatic nitrogens is 3. The maximum atomic E-state index is 15.5. The van der Waals surface area contributed by atoms with Crippen molar-refractivity contribution in [3.63, 3.8) is 0 Å². The SMILES string of the molecule is COc1c(Nc2ncc3ccn(-c4ccc(S(=O)(=O)NC(C)C)cc4)c3n2)cc(F)c(N2CCN(C)CC2)c1F. The molecular weight excluding hydrogens is 540 g/mol. The fourth-order valence-electron chi connectivity index (χ4n) is 4.67. The molecule has 1 saturated heterocycles. The Balaban J connectivity index is 1.45. The fraction of sp³-hybridized carbons (Fsp3) is 0.333. The van der Waals surface area contributed by atoms with E-state index in [9.17, 15) is 8.42 Å². The summed E-state index contributed by atoms with van der Waals surface area (Å²) in [6, 6.07) is 9.16. The first-order valence-electron chi connectivity index (χ1n) is 12.8. The predicted octanol–water partition coefficient (Wildman–Crippen LogP) is 3.89. The molecule has 1 aliphatic heterocycles. The standard InChI is InChI=1S/C27H31F2N7O3S/c1-17(2)33-40(37,38)20-7-5-19(6-8-20)36-10-9-18-16-30-27(32-26(18)36)31-22-15-21(28)24(23(29)25(22)39-4)35-13-11-34(3)12-14-35/h5-10,15-17,33H,11-14H2,1-4H3,(H,30,31,32). The van der Waals surface area contributed by atoms with Gasteiger partial charge in [-0.3, -0.25) is 0 Å². The quantitative estimate of drug-likeness (QED) is 0.328. The van der Waals surface area contributed by atoms with Crippen LogP contribution in [0.4, 0.5) is 26.1 Å². The molecule has 3 heterocycles. The van der Waals surface area contributed by atoms with Crippen LogP contribution in [0.25, 0.3) is 16.7 Å². The maximum absolute atomic E-state index is 15.5. The Hall–Kier alpha value is -3.81. The van der Waals surface area contributed by atoms with Crippen molar-refractivity contribution in [3.05, 3.63) is 60.4 Å². The Morgan fingerprint density at radius 1 is 1.05 bits per heavy atom. The lowest BCUT2D eigenvalue weighted by Gasteiger charge is -2.34. The Labute approximate surface area is 231 Å². The van der Waals surface area contributed by atoms with Gasteiger partial charge >= 0.3 is 0 Å². The number of anilines is 3. The zero-order chi connectivity index (χ0) is 28.6. The molecule has 2 aromatic carbocycles. The lowest BCUT2D eigenvalue weighted by atomic mass is 10.2. The molecule has 1 fully saturated rings. The summed E-state index contributed by atoms with van der Waals surface area (Å²) in [5.41, 5.74) is 1.13. The lowest BCUT2D eigenvalue weighted by Crippen LogP contribution is -2.45. The maximum Gasteiger partial charge on any atom is 0.240 e. The minimum atomic E-state index is -3.63. The molecule has 10 nitrogen and oxygen atoms in total. The molecule has 0 saturated carbocycles. The predicted molar refractivity (Wildman–Crippen MR) is 150 cm³/mol. The minimum absolute atomic E-state index is 0.0556. The normalized spacial score (nSPS) is 14.7. The number of hydrogen-bond acceptors (Lipinski definition) is 8. The molecular formula is C27H31F2N7O3S. The summed E-state index contributed by atoms with van der Waals surface area (Å²) in [5, 5.41) is 3.62. The number of halogens is 2. The van der Waals surface area contributed by atoms with E-state index >= 15 is 8.78 Å². The third-order valence-corrected chi connectivity index (χ3v) is 8.34. The summed E-state index contributed by atoms with van der Waals surface area (Å²) in [6.45, 7) is 5.90. The lowest BCUT2D eigenvalue weighted by molar-refractivity contribution is 0.309. The summed E-state index contributed by atoms with van der Waals surface area (Å²) in [5.74, 6) is -1.53. The van der Waals surface area contributed by atoms with Crippen LogP contribution in [-0.2, 0) is 10.0 Å². The smallest absolute Gasteiger partial charge is 0.240 e. The van der Waals surface area contributed by atoms with E-state index < -0.39 is 21.7 Å². The fourth-order valence-corrected chi connectivity index (χ4v) is 5.93. The van der Waals surface area contributed by atoms with Crippen LogP contribution in [0.15, 0.2) is 53.7 Å². The summed E-state index contributed by atoms with van der Waals surface area (Å²) in [7, 11) is -0.336. The Morgan fingerprint density at radius 3 is 2.40 bits per heavy atom. The molecule has 13 heteroatoms. The van der Waals surface area contributed by atoms with Gasteiger partial charge in [0.05, 0.1) is 17.7 Å². The first kappa shape index (κ1) is 27.7. The van der Waals surface area contributed by atoms with Gasteiger partial charge < -0.3 is 24.4 Å². The Morgan fingerprint density at radius 2 is 1.75 bits per heavy atom. The number of likely N-dealkylation sites (N-methyl/N-ethyl adjacent to an activating group) is 1. The van der Waals surface area contributed by atoms with Crippen LogP contribution >= 0.6 is 0 Å². The number of nitrogens with one attached hydrogen (secondary N) is 2. The molecule has 0 spiro atoms. The summed E-state index contributed by atoms with van der Waals surface area (Å²) in [6.07, 6.45) is 3.37. The van der Waals surface area contributed by atoms with E-state index in [4.69, 9.17) is 4.74 Å². The van der Waals surface area contributed by atoms with Crippen molar-refractivity contribution in [2.45, 2.75) is 24.8 Å². The number of fused-ring (bicyclic) bond motifs is 1. The molecule has 212 valence electrons. The van der Waals surface area contributed by atoms with Crippen molar-refractivity contribution < 1.29 is 21.9 Å². The van der Waals surface area contributed by atoms with Crippen LogP contribution in [0, 0.1) is 11.6 Å². The molecule has 0 amide bonds. The van der Waals surface area contributed by atoms with Gasteiger partial charge in [-0.1, -0.05) is 0 Å². The van der Waals surface area contributed by atoms with E-state index in [1.807, 2.05) is 13.1 Å². The van der Waals surface area contributed by atoms with Crippen LogP contribution < -0.4 is 19.7 Å². The van der Waals surface area contributed by atoms with Gasteiger partial charge in [-0.05, 0) is 51.2 Å². The molecule has 1 aliphatic rings. The van der Waals surface area contributed by atoms with Gasteiger partial charge in [0.2, 0.25) is 16.0 Å². The monoisotopic (exact) mass is 571 g/mol. The zero-order valence-electron chi connectivity index (χ0n) is 22.6. The van der Waals surface area contributed by atoms with E-state index in [1.165, 1.54) is 25.3 Å². The third kappa shape index (κ3) is 5.44. The van der Waals surface area contributed by atoms with Gasteiger partial charge in [-0.2, -0.15) is 4.98 Å². The van der Waals surface area contributed by atoms with E-state index in [-0.39, 0.29) is 34.0 Å². The first-order valence-corrected chi connectivity index (χ1v) is 14.3. The van der Waals surface area contributed by atoms with E-state index in [0.29, 0.717) is 37.5 Å². The number of nitrogens with zero attached hydrogens (tertiary/aromatic N) is 5. The van der Waals surface area contributed by atoms with E-state index in [0.717, 1.165) is 5.39 Å². The molecule has 2 aromatic heterocycles. The van der Waals surface area contributed by atoms with Crippen molar-refractivity contribution in [2.24, 2.45) is 0 Å². The highest BCUT2D eigenvalue weighted by molar-refractivity contribution is 7.89. The summed E-state index contributed by atoms with van der Waals surface area (Å²) >= 11 is 0. The van der Waals surface area contributed by atoms with Crippen LogP contribution in [0.1, 0.15) is 13.8 Å². The Bertz CT molecular complexity index is 1630. The van der Waals surface area contributed by atoms with E-state index in [1.54, 1.807) is 47.8 Å². The van der Waals surface area contributed by atoms with Crippen molar-refractivity contribution in [3.8, 4) is 11.4 Å². The molecule has 0 bridgehead atoms. The molecule has 4 aromatic rings. The molecule has 5 rings (SSSR count). The number of hydrogen-bond donors (Lipinski definition) is 2. The topological polar surface area (TPSA) is 105 Å². The highest BCUT2D eigenvalue weighted by Gasteiger charge is 2.26. The van der Waals surface area contributed by atoms with Crippen molar-refractivity contribution in [1.82, 2.24) is 24.2 Å². The van der Waals surface area contributed by atoms with Gasteiger partial charge in [0.1, 0.15) is 11.3 Å². The second-order valence-electron chi connectivity index (χ2n) is 9.95. The van der Waals surface area contributed by atoms with Gasteiger partial charge in [-0.25, -0.2) is 26.9 Å². The molecule has 0 aliphatic carbocycles. The molecule has 40 heavy (non-hydrogen) atoms. The summed E-state index contributed by atoms with van der Waals surface area (Å²) < 4.78 is 65.3. The second kappa shape index (κ2) is 11.0. The second-order valence-corrected chi connectivity index (χ2v) is 11.7. The largest absolute Gasteiger partial charge is 0.491 e. The first-order chi connectivity index (χ1) is 19.1. The highest BCUT2D eigenvalue weighted by Crippen LogP contribution is 2.38. The minimum Gasteiger partial charge on any atom is -0.491 e. The highest BCUT2D eigenvalue weighted by atomic mass is 32.2. The number of benzene rings is 2. The molecule has 0 unspecified atom stereocenters. The number of piperazine rings is 1. The van der Waals surface area contributed by atoms with Gasteiger partial charge in [0, 0.05) is 61.8 Å². The van der Waals surface area contributed by atoms with E-state index in [2.05, 4.69) is 24.9 Å². The molecule has 0 radical (unpaired) electrons. The molecule has 2 N–H and O–H groups in total. The number of sulfonamides is 1. The van der Waals surface area contributed by atoms with Crippen molar-refractivity contribution in [1.29, 1.82) is 0 Å². The van der Waals surface area contributed by atoms with Crippen LogP contribution in [0.5, 0.6) is 5.75 Å². The third-order valence-electron chi connectivity index (χ3n) is 6.66.